The number of ether oxygens (including phenoxy) is 5. The number of hydrogen-bond acceptors (Lipinski definition) is 5. The van der Waals surface area contributed by atoms with Gasteiger partial charge in [0.1, 0.15) is 34.9 Å². The maximum atomic E-state index is 14.8. The van der Waals surface area contributed by atoms with Gasteiger partial charge in [0, 0.05) is 11.1 Å². The lowest BCUT2D eigenvalue weighted by molar-refractivity contribution is -0.189. The van der Waals surface area contributed by atoms with Gasteiger partial charge in [-0.1, -0.05) is 105 Å². The van der Waals surface area contributed by atoms with Crippen molar-refractivity contribution in [1.29, 1.82) is 0 Å². The fourth-order valence-electron chi connectivity index (χ4n) is 15.5. The molecule has 0 spiro atoms. The van der Waals surface area contributed by atoms with Gasteiger partial charge < -0.3 is 23.7 Å². The van der Waals surface area contributed by atoms with Crippen LogP contribution in [-0.4, -0.2) is 6.61 Å². The molecule has 5 fully saturated rings. The summed E-state index contributed by atoms with van der Waals surface area (Å²) in [7, 11) is 0. The zero-order chi connectivity index (χ0) is 94.2. The van der Waals surface area contributed by atoms with Gasteiger partial charge in [0.05, 0.1) is 40.5 Å². The van der Waals surface area contributed by atoms with Crippen LogP contribution in [0.2, 0.25) is 0 Å². The SMILES string of the molecule is Cc1c(F)cc(C(F)(F)Oc2c(F)cc(C3CCC(C4CCC4)CO3)cc2F)cc1F.Cc1ccc(C(F)(F)Oc2c(F)cc(-c3ccc(C4CCC4)cc3F)cc2F)cc1F.Fc1cc(-c2c(F)cc(C(F)(F)Oc3c(F)cc(-c4ccc(C5CCC5)cc4)cc3F)cc2F)cc(F)c1F.Fc1ccc(C(F)(F)Oc2c(F)cc(-c3ccc(C4CCC4)cc3)cc2F)cc1F. The van der Waals surface area contributed by atoms with Crippen LogP contribution in [0.4, 0.5) is 119 Å². The van der Waals surface area contributed by atoms with E-state index in [1.807, 2.05) is 24.3 Å². The lowest BCUT2D eigenvalue weighted by atomic mass is 9.73. The predicted octanol–water partition coefficient (Wildman–Crippen LogP) is 31.3. The highest BCUT2D eigenvalue weighted by Crippen LogP contribution is 2.49. The van der Waals surface area contributed by atoms with Crippen LogP contribution in [0.5, 0.6) is 23.0 Å². The van der Waals surface area contributed by atoms with Crippen molar-refractivity contribution in [2.24, 2.45) is 11.8 Å². The van der Waals surface area contributed by atoms with Crippen molar-refractivity contribution in [3.8, 4) is 67.5 Å². The molecule has 0 amide bonds. The summed E-state index contributed by atoms with van der Waals surface area (Å²) < 4.78 is 406. The average molecular weight is 1860 g/mol. The summed E-state index contributed by atoms with van der Waals surface area (Å²) in [6.45, 7) is 2.96. The van der Waals surface area contributed by atoms with Gasteiger partial charge in [-0.2, -0.15) is 35.1 Å². The molecular weight excluding hydrogens is 1780 g/mol. The van der Waals surface area contributed by atoms with Crippen LogP contribution in [0.1, 0.15) is 169 Å². The van der Waals surface area contributed by atoms with E-state index in [-0.39, 0.29) is 69.6 Å². The van der Waals surface area contributed by atoms with Gasteiger partial charge in [0.25, 0.3) is 0 Å². The summed E-state index contributed by atoms with van der Waals surface area (Å²) in [5, 5.41) is 0. The summed E-state index contributed by atoms with van der Waals surface area (Å²) >= 11 is 0. The van der Waals surface area contributed by atoms with E-state index in [4.69, 9.17) is 4.74 Å². The molecule has 1 aliphatic heterocycles. The Morgan fingerprint density at radius 1 is 0.252 bits per heavy atom. The van der Waals surface area contributed by atoms with Gasteiger partial charge >= 0.3 is 24.4 Å². The molecule has 32 heteroatoms. The standard InChI is InChI=1S/C29H17F9O.C24H18F6O.C23H22F6O2.C23H16F6O/c30-20-12-19(13-21(31)26(20)18-10-22(32)27(36)23(33)11-18)29(37,38)39-28-24(34)8-17(9-25(28)35)16-6-4-15(5-7-16)14-2-1-3-14;1-13-5-7-17(12-19(13)25)24(29,30)31-23-21(27)10-16(11-22(23)28)18-8-6-15(9-20(18)26)14-3-2-4-14;1-12-17(24)9-16(10-18(12)25)23(28,29)31-22-19(26)7-15(8-20(22)27)21-6-5-14(11-30-21)13-3-2-4-13;24-18-9-8-17(12-19(18)25)23(28,29)30-22-20(26)10-16(11-21(22)27)15-6-4-14(5-7-15)13-2-1-3-13/h4-14H,1-3H2;5-12,14H,2-4H2,1H3;7-10,13-14,21H,2-6,11H2,1H3;4-13H,1-3H2. The second kappa shape index (κ2) is 38.8. The second-order valence-electron chi connectivity index (χ2n) is 32.5. The molecule has 0 N–H and O–H groups in total. The van der Waals surface area contributed by atoms with Crippen molar-refractivity contribution < 1.29 is 142 Å². The zero-order valence-electron chi connectivity index (χ0n) is 68.7. The first-order valence-electron chi connectivity index (χ1n) is 41.2. The highest BCUT2D eigenvalue weighted by Gasteiger charge is 2.44. The van der Waals surface area contributed by atoms with Crippen LogP contribution in [-0.2, 0) is 29.2 Å². The molecule has 0 aromatic heterocycles. The van der Waals surface area contributed by atoms with Crippen molar-refractivity contribution in [3.05, 3.63) is 354 Å². The number of rotatable bonds is 21. The summed E-state index contributed by atoms with van der Waals surface area (Å²) in [4.78, 5) is 0. The first kappa shape index (κ1) is 95.0. The van der Waals surface area contributed by atoms with Crippen molar-refractivity contribution in [3.63, 3.8) is 0 Å². The van der Waals surface area contributed by atoms with Gasteiger partial charge in [-0.15, -0.1) is 0 Å². The minimum absolute atomic E-state index is 0.0558. The monoisotopic (exact) mass is 1850 g/mol. The van der Waals surface area contributed by atoms with E-state index < -0.39 is 203 Å². The van der Waals surface area contributed by atoms with E-state index in [1.165, 1.54) is 44.7 Å². The third kappa shape index (κ3) is 21.3. The molecule has 1 saturated heterocycles. The molecule has 688 valence electrons. The summed E-state index contributed by atoms with van der Waals surface area (Å²) in [6.07, 6.45) is -3.29. The van der Waals surface area contributed by atoms with E-state index in [0.717, 1.165) is 142 Å². The largest absolute Gasteiger partial charge is 0.427 e. The molecule has 1 heterocycles. The van der Waals surface area contributed by atoms with Crippen molar-refractivity contribution in [2.75, 3.05) is 6.61 Å². The Labute approximate surface area is 731 Å². The third-order valence-corrected chi connectivity index (χ3v) is 24.0. The van der Waals surface area contributed by atoms with E-state index >= 15 is 0 Å². The van der Waals surface area contributed by atoms with Gasteiger partial charge in [-0.25, -0.2) is 83.4 Å². The molecule has 0 bridgehead atoms. The molecule has 5 aliphatic rings. The molecule has 17 rings (SSSR count). The van der Waals surface area contributed by atoms with Gasteiger partial charge in [-0.05, 0) is 277 Å². The molecule has 0 radical (unpaired) electrons. The van der Waals surface area contributed by atoms with Crippen molar-refractivity contribution in [1.82, 2.24) is 0 Å². The quantitative estimate of drug-likeness (QED) is 0.0530. The maximum Gasteiger partial charge on any atom is 0.427 e. The molecule has 131 heavy (non-hydrogen) atoms. The average Bonchev–Trinajstić information content (AvgIpc) is 0.761. The smallest absolute Gasteiger partial charge is 0.423 e. The fourth-order valence-corrected chi connectivity index (χ4v) is 15.5. The highest BCUT2D eigenvalue weighted by atomic mass is 19.3. The molecule has 12 aromatic carbocycles. The normalized spacial score (nSPS) is 16.1. The van der Waals surface area contributed by atoms with Crippen molar-refractivity contribution in [2.45, 2.75) is 152 Å². The van der Waals surface area contributed by atoms with Crippen LogP contribution >= 0.6 is 0 Å². The number of alkyl halides is 8. The number of benzene rings is 12. The summed E-state index contributed by atoms with van der Waals surface area (Å²) in [5.41, 5.74) is -2.65. The molecule has 2 unspecified atom stereocenters. The Morgan fingerprint density at radius 2 is 0.595 bits per heavy atom. The Morgan fingerprint density at radius 3 is 0.962 bits per heavy atom. The van der Waals surface area contributed by atoms with Gasteiger partial charge in [0.2, 0.25) is 0 Å². The molecule has 2 atom stereocenters. The Bertz CT molecular complexity index is 6060. The predicted molar refractivity (Wildman–Crippen MR) is 429 cm³/mol. The highest BCUT2D eigenvalue weighted by molar-refractivity contribution is 5.69. The third-order valence-electron chi connectivity index (χ3n) is 24.0. The van der Waals surface area contributed by atoms with E-state index in [9.17, 15) is 119 Å². The van der Waals surface area contributed by atoms with Gasteiger partial charge in [-0.3, -0.25) is 0 Å². The lowest BCUT2D eigenvalue weighted by Crippen LogP contribution is -2.30. The summed E-state index contributed by atoms with van der Waals surface area (Å²) in [5.74, 6) is -30.0. The van der Waals surface area contributed by atoms with Crippen LogP contribution < -0.4 is 18.9 Å². The minimum Gasteiger partial charge on any atom is -0.423 e. The molecule has 12 aromatic rings. The topological polar surface area (TPSA) is 46.2 Å². The van der Waals surface area contributed by atoms with Crippen LogP contribution in [0.25, 0.3) is 44.5 Å². The first-order chi connectivity index (χ1) is 62.0. The van der Waals surface area contributed by atoms with E-state index in [1.54, 1.807) is 30.3 Å². The second-order valence-corrected chi connectivity index (χ2v) is 32.5. The molecular formula is C99H73F27O5. The van der Waals surface area contributed by atoms with Crippen molar-refractivity contribution >= 4 is 0 Å². The van der Waals surface area contributed by atoms with E-state index in [2.05, 4.69) is 18.9 Å². The molecule has 5 nitrogen and oxygen atoms in total. The number of halogens is 27. The number of aryl methyl sites for hydroxylation is 1. The first-order valence-corrected chi connectivity index (χ1v) is 41.2. The van der Waals surface area contributed by atoms with Crippen LogP contribution in [0.3, 0.4) is 0 Å². The molecule has 4 aliphatic carbocycles. The maximum absolute atomic E-state index is 14.8. The summed E-state index contributed by atoms with van der Waals surface area (Å²) in [6, 6.07) is 30.5. The Balaban J connectivity index is 0.000000142. The Hall–Kier alpha value is -12.1. The zero-order valence-corrected chi connectivity index (χ0v) is 68.7. The van der Waals surface area contributed by atoms with Crippen LogP contribution in [0, 0.1) is 136 Å². The number of hydrogen-bond donors (Lipinski definition) is 0. The lowest BCUT2D eigenvalue weighted by Gasteiger charge is -2.38. The van der Waals surface area contributed by atoms with E-state index in [0.29, 0.717) is 78.2 Å². The molecule has 4 saturated carbocycles. The fraction of sp³-hybridized carbons (Fsp3) is 0.273. The Kier molecular flexibility index (Phi) is 28.1. The van der Waals surface area contributed by atoms with Gasteiger partial charge in [0.15, 0.2) is 98.6 Å². The van der Waals surface area contributed by atoms with Crippen LogP contribution in [0.15, 0.2) is 188 Å². The minimum atomic E-state index is -4.63.